The van der Waals surface area contributed by atoms with Crippen molar-refractivity contribution in [3.8, 4) is 0 Å². The second kappa shape index (κ2) is 7.22. The number of hydrogen-bond donors (Lipinski definition) is 2. The van der Waals surface area contributed by atoms with E-state index in [0.717, 1.165) is 32.1 Å². The molecule has 33 heavy (non-hydrogen) atoms. The van der Waals surface area contributed by atoms with E-state index in [1.807, 2.05) is 0 Å². The number of aliphatic hydroxyl groups is 2. The molecule has 5 fully saturated rings. The Balaban J connectivity index is 1.51. The largest absolute Gasteiger partial charge is 0.393 e. The summed E-state index contributed by atoms with van der Waals surface area (Å²) in [7, 11) is 0. The van der Waals surface area contributed by atoms with Crippen LogP contribution in [0.1, 0.15) is 120 Å². The number of hydrogen-bond acceptors (Lipinski definition) is 3. The zero-order chi connectivity index (χ0) is 24.2. The number of fused-ring (bicyclic) bond motifs is 5. The molecule has 0 aromatic heterocycles. The number of rotatable bonds is 1. The van der Waals surface area contributed by atoms with Gasteiger partial charge in [0.1, 0.15) is 0 Å². The monoisotopic (exact) mass is 460 g/mol. The Hall–Kier alpha value is -0.120. The van der Waals surface area contributed by atoms with Crippen molar-refractivity contribution in [3.05, 3.63) is 0 Å². The molecule has 3 nitrogen and oxygen atoms in total. The van der Waals surface area contributed by atoms with Gasteiger partial charge in [0.25, 0.3) is 0 Å². The van der Waals surface area contributed by atoms with E-state index in [4.69, 9.17) is 4.74 Å². The van der Waals surface area contributed by atoms with E-state index < -0.39 is 0 Å². The molecule has 2 N–H and O–H groups in total. The molecule has 4 aliphatic carbocycles. The van der Waals surface area contributed by atoms with E-state index in [0.29, 0.717) is 23.7 Å². The Morgan fingerprint density at radius 2 is 1.36 bits per heavy atom. The van der Waals surface area contributed by atoms with Crippen LogP contribution in [-0.4, -0.2) is 33.6 Å². The summed E-state index contributed by atoms with van der Waals surface area (Å²) in [5, 5.41) is 22.8. The highest BCUT2D eigenvalue weighted by Crippen LogP contribution is 2.76. The second-order valence-corrected chi connectivity index (χ2v) is 15.4. The van der Waals surface area contributed by atoms with Gasteiger partial charge in [0, 0.05) is 0 Å². The van der Waals surface area contributed by atoms with Crippen LogP contribution >= 0.6 is 0 Å². The summed E-state index contributed by atoms with van der Waals surface area (Å²) in [6.45, 7) is 19.2. The van der Waals surface area contributed by atoms with Gasteiger partial charge in [-0.15, -0.1) is 0 Å². The maximum absolute atomic E-state index is 11.9. The molecule has 0 amide bonds. The predicted octanol–water partition coefficient (Wildman–Crippen LogP) is 6.74. The van der Waals surface area contributed by atoms with Crippen LogP contribution in [0.2, 0.25) is 0 Å². The molecule has 0 aromatic rings. The van der Waals surface area contributed by atoms with E-state index in [-0.39, 0.29) is 45.1 Å². The fraction of sp³-hybridized carbons (Fsp3) is 1.00. The molecular weight excluding hydrogens is 408 g/mol. The van der Waals surface area contributed by atoms with Crippen molar-refractivity contribution in [3.63, 3.8) is 0 Å². The highest BCUT2D eigenvalue weighted by Gasteiger charge is 2.71. The van der Waals surface area contributed by atoms with Gasteiger partial charge in [0.05, 0.1) is 23.4 Å². The lowest BCUT2D eigenvalue weighted by molar-refractivity contribution is -0.257. The average Bonchev–Trinajstić information content (AvgIpc) is 3.07. The Kier molecular flexibility index (Phi) is 5.38. The lowest BCUT2D eigenvalue weighted by Gasteiger charge is -2.70. The third-order valence-corrected chi connectivity index (χ3v) is 13.1. The molecule has 1 aliphatic heterocycles. The molecule has 0 bridgehead atoms. The van der Waals surface area contributed by atoms with Crippen LogP contribution in [0, 0.1) is 45.3 Å². The first kappa shape index (κ1) is 24.6. The average molecular weight is 461 g/mol. The Morgan fingerprint density at radius 3 is 2.03 bits per heavy atom. The highest BCUT2D eigenvalue weighted by molar-refractivity contribution is 5.20. The summed E-state index contributed by atoms with van der Waals surface area (Å²) in [6, 6.07) is 0. The fourth-order valence-corrected chi connectivity index (χ4v) is 11.3. The van der Waals surface area contributed by atoms with E-state index >= 15 is 0 Å². The van der Waals surface area contributed by atoms with Crippen LogP contribution < -0.4 is 0 Å². The molecule has 10 atom stereocenters. The minimum Gasteiger partial charge on any atom is -0.393 e. The van der Waals surface area contributed by atoms with E-state index in [1.54, 1.807) is 0 Å². The normalized spacial score (nSPS) is 57.6. The smallest absolute Gasteiger partial charge is 0.0693 e. The summed E-state index contributed by atoms with van der Waals surface area (Å²) in [4.78, 5) is 0. The van der Waals surface area contributed by atoms with Gasteiger partial charge in [0.15, 0.2) is 0 Å². The zero-order valence-corrected chi connectivity index (χ0v) is 22.8. The van der Waals surface area contributed by atoms with E-state index in [9.17, 15) is 10.2 Å². The summed E-state index contributed by atoms with van der Waals surface area (Å²) in [5.74, 6) is 1.85. The molecule has 5 aliphatic rings. The maximum atomic E-state index is 11.9. The Labute approximate surface area is 203 Å². The fourth-order valence-electron chi connectivity index (χ4n) is 11.3. The van der Waals surface area contributed by atoms with Crippen LogP contribution in [0.15, 0.2) is 0 Å². The van der Waals surface area contributed by atoms with E-state index in [2.05, 4.69) is 55.4 Å². The van der Waals surface area contributed by atoms with Gasteiger partial charge in [-0.2, -0.15) is 0 Å². The lowest BCUT2D eigenvalue weighted by Crippen LogP contribution is -2.66. The Morgan fingerprint density at radius 1 is 0.697 bits per heavy atom. The van der Waals surface area contributed by atoms with Crippen molar-refractivity contribution in [2.75, 3.05) is 0 Å². The third kappa shape index (κ3) is 3.16. The molecule has 1 unspecified atom stereocenters. The van der Waals surface area contributed by atoms with Crippen molar-refractivity contribution < 1.29 is 14.9 Å². The predicted molar refractivity (Wildman–Crippen MR) is 134 cm³/mol. The molecule has 0 radical (unpaired) electrons. The van der Waals surface area contributed by atoms with Crippen molar-refractivity contribution in [2.45, 2.75) is 143 Å². The molecule has 1 saturated heterocycles. The lowest BCUT2D eigenvalue weighted by atomic mass is 9.35. The number of ether oxygens (including phenoxy) is 1. The number of aliphatic hydroxyl groups excluding tert-OH is 2. The van der Waals surface area contributed by atoms with Gasteiger partial charge in [-0.1, -0.05) is 34.6 Å². The van der Waals surface area contributed by atoms with Gasteiger partial charge >= 0.3 is 0 Å². The topological polar surface area (TPSA) is 49.7 Å². The first-order valence-corrected chi connectivity index (χ1v) is 14.2. The summed E-state index contributed by atoms with van der Waals surface area (Å²) >= 11 is 0. The van der Waals surface area contributed by atoms with Crippen molar-refractivity contribution in [2.24, 2.45) is 45.3 Å². The van der Waals surface area contributed by atoms with Crippen LogP contribution in [0.5, 0.6) is 0 Å². The van der Waals surface area contributed by atoms with Crippen molar-refractivity contribution in [1.29, 1.82) is 0 Å². The van der Waals surface area contributed by atoms with Gasteiger partial charge in [-0.05, 0) is 130 Å². The van der Waals surface area contributed by atoms with Gasteiger partial charge in [0.2, 0.25) is 0 Å². The maximum Gasteiger partial charge on any atom is 0.0693 e. The third-order valence-electron chi connectivity index (χ3n) is 13.1. The van der Waals surface area contributed by atoms with E-state index in [1.165, 1.54) is 32.1 Å². The quantitative estimate of drug-likeness (QED) is 0.455. The molecule has 5 rings (SSSR count). The summed E-state index contributed by atoms with van der Waals surface area (Å²) in [6.07, 6.45) is 10.9. The Bertz CT molecular complexity index is 789. The molecule has 0 spiro atoms. The van der Waals surface area contributed by atoms with Gasteiger partial charge in [-0.3, -0.25) is 0 Å². The SMILES string of the molecule is CC1(C)CCC[C@@](C)([C@H]2CC[C@]3(C)[C@@H]2[C@H](O)CC2[C@@]4(C)CC[C@H](O)C(C)(C)[C@@H]4CC[C@]23C)O1. The summed E-state index contributed by atoms with van der Waals surface area (Å²) in [5.41, 5.74) is 0.392. The van der Waals surface area contributed by atoms with Crippen LogP contribution in [0.25, 0.3) is 0 Å². The molecular formula is C30H52O3. The van der Waals surface area contributed by atoms with Crippen LogP contribution in [0.3, 0.4) is 0 Å². The molecule has 1 heterocycles. The van der Waals surface area contributed by atoms with Crippen LogP contribution in [0.4, 0.5) is 0 Å². The molecule has 190 valence electrons. The van der Waals surface area contributed by atoms with Crippen molar-refractivity contribution >= 4 is 0 Å². The standard InChI is InChI=1S/C30H52O3/c1-25(2)13-9-14-30(8,33-25)19-10-16-29(7)24(19)20(31)18-22-27(5)15-12-23(32)26(3,4)21(27)11-17-28(22,29)6/h19-24,31-32H,9-18H2,1-8H3/t19-,20+,21-,22?,23-,24-,27-,28+,29+,30-/m0/s1. The second-order valence-electron chi connectivity index (χ2n) is 15.4. The molecule has 0 aromatic carbocycles. The zero-order valence-electron chi connectivity index (χ0n) is 22.8. The van der Waals surface area contributed by atoms with Crippen LogP contribution in [-0.2, 0) is 4.74 Å². The highest BCUT2D eigenvalue weighted by atomic mass is 16.5. The first-order chi connectivity index (χ1) is 15.1. The van der Waals surface area contributed by atoms with Crippen molar-refractivity contribution in [1.82, 2.24) is 0 Å². The molecule has 4 saturated carbocycles. The minimum absolute atomic E-state index is 0.0375. The van der Waals surface area contributed by atoms with Gasteiger partial charge in [-0.25, -0.2) is 0 Å². The minimum atomic E-state index is -0.239. The van der Waals surface area contributed by atoms with Gasteiger partial charge < -0.3 is 14.9 Å². The molecule has 3 heteroatoms. The summed E-state index contributed by atoms with van der Waals surface area (Å²) < 4.78 is 6.86. The first-order valence-electron chi connectivity index (χ1n) is 14.2.